The van der Waals surface area contributed by atoms with Crippen LogP contribution in [0.15, 0.2) is 48.5 Å². The predicted octanol–water partition coefficient (Wildman–Crippen LogP) is 4.57. The van der Waals surface area contributed by atoms with Crippen LogP contribution < -0.4 is 14.8 Å². The lowest BCUT2D eigenvalue weighted by atomic mass is 9.83. The molecule has 5 nitrogen and oxygen atoms in total. The molecule has 0 unspecified atom stereocenters. The van der Waals surface area contributed by atoms with Crippen molar-refractivity contribution in [1.29, 1.82) is 0 Å². The molecule has 1 fully saturated rings. The fourth-order valence-electron chi connectivity index (χ4n) is 3.54. The van der Waals surface area contributed by atoms with Gasteiger partial charge in [0.05, 0.1) is 0 Å². The van der Waals surface area contributed by atoms with E-state index in [0.29, 0.717) is 28.9 Å². The summed E-state index contributed by atoms with van der Waals surface area (Å²) in [5.41, 5.74) is 0. The van der Waals surface area contributed by atoms with Crippen molar-refractivity contribution in [3.63, 3.8) is 0 Å². The molecular formula is C23H25ClFNO4. The fourth-order valence-corrected chi connectivity index (χ4v) is 3.66. The van der Waals surface area contributed by atoms with Crippen molar-refractivity contribution in [3.05, 3.63) is 59.4 Å². The molecule has 0 atom stereocenters. The molecule has 0 heterocycles. The van der Waals surface area contributed by atoms with Gasteiger partial charge >= 0.3 is 0 Å². The van der Waals surface area contributed by atoms with Gasteiger partial charge in [0.25, 0.3) is 5.91 Å². The Kier molecular flexibility index (Phi) is 8.08. The maximum absolute atomic E-state index is 12.9. The minimum absolute atomic E-state index is 0.00959. The van der Waals surface area contributed by atoms with Gasteiger partial charge in [-0.1, -0.05) is 11.6 Å². The smallest absolute Gasteiger partial charge is 0.258 e. The van der Waals surface area contributed by atoms with Crippen LogP contribution in [0.1, 0.15) is 32.1 Å². The second kappa shape index (κ2) is 11.0. The molecule has 2 aromatic rings. The van der Waals surface area contributed by atoms with Crippen LogP contribution in [0.4, 0.5) is 4.39 Å². The van der Waals surface area contributed by atoms with Crippen molar-refractivity contribution < 1.29 is 23.5 Å². The number of carbonyl (C=O) groups excluding carboxylic acids is 2. The summed E-state index contributed by atoms with van der Waals surface area (Å²) in [6, 6.07) is 12.6. The highest BCUT2D eigenvalue weighted by molar-refractivity contribution is 6.30. The first-order valence-electron chi connectivity index (χ1n) is 10.1. The monoisotopic (exact) mass is 433 g/mol. The average Bonchev–Trinajstić information content (AvgIpc) is 2.74. The maximum Gasteiger partial charge on any atom is 0.258 e. The first-order chi connectivity index (χ1) is 14.5. The second-order valence-electron chi connectivity index (χ2n) is 7.51. The molecule has 0 aromatic heterocycles. The van der Waals surface area contributed by atoms with E-state index < -0.39 is 0 Å². The van der Waals surface area contributed by atoms with E-state index in [0.717, 1.165) is 25.7 Å². The van der Waals surface area contributed by atoms with Crippen LogP contribution in [0.3, 0.4) is 0 Å². The van der Waals surface area contributed by atoms with Crippen LogP contribution in [-0.2, 0) is 9.59 Å². The molecule has 160 valence electrons. The number of hydrogen-bond acceptors (Lipinski definition) is 4. The van der Waals surface area contributed by atoms with Crippen LogP contribution in [-0.4, -0.2) is 30.9 Å². The second-order valence-corrected chi connectivity index (χ2v) is 7.95. The van der Waals surface area contributed by atoms with E-state index in [1.165, 1.54) is 24.3 Å². The molecule has 1 N–H and O–H groups in total. The number of carbonyl (C=O) groups is 2. The summed E-state index contributed by atoms with van der Waals surface area (Å²) in [7, 11) is 0. The lowest BCUT2D eigenvalue weighted by molar-refractivity contribution is -0.125. The molecule has 1 aliphatic rings. The zero-order valence-electron chi connectivity index (χ0n) is 16.6. The van der Waals surface area contributed by atoms with Crippen molar-refractivity contribution in [2.24, 2.45) is 5.92 Å². The number of amides is 1. The highest BCUT2D eigenvalue weighted by Gasteiger charge is 2.24. The fraction of sp³-hybridized carbons (Fsp3) is 0.391. The summed E-state index contributed by atoms with van der Waals surface area (Å²) >= 11 is 5.82. The van der Waals surface area contributed by atoms with Gasteiger partial charge in [0, 0.05) is 17.5 Å². The van der Waals surface area contributed by atoms with Gasteiger partial charge < -0.3 is 14.8 Å². The summed E-state index contributed by atoms with van der Waals surface area (Å²) in [5.74, 6) is 0.916. The van der Waals surface area contributed by atoms with E-state index in [2.05, 4.69) is 5.32 Å². The Morgan fingerprint density at radius 2 is 1.47 bits per heavy atom. The van der Waals surface area contributed by atoms with Crippen LogP contribution in [0.2, 0.25) is 5.02 Å². The third-order valence-electron chi connectivity index (χ3n) is 5.13. The summed E-state index contributed by atoms with van der Waals surface area (Å²) in [6.45, 7) is -0.0505. The molecule has 1 saturated carbocycles. The molecule has 30 heavy (non-hydrogen) atoms. The van der Waals surface area contributed by atoms with Crippen molar-refractivity contribution in [2.45, 2.75) is 38.1 Å². The molecular weight excluding hydrogens is 409 g/mol. The highest BCUT2D eigenvalue weighted by Crippen LogP contribution is 2.27. The van der Waals surface area contributed by atoms with Crippen LogP contribution in [0, 0.1) is 11.7 Å². The maximum atomic E-state index is 12.9. The van der Waals surface area contributed by atoms with Crippen molar-refractivity contribution in [2.75, 3.05) is 13.2 Å². The molecule has 3 rings (SSSR count). The third kappa shape index (κ3) is 7.34. The Morgan fingerprint density at radius 3 is 2.10 bits per heavy atom. The molecule has 0 bridgehead atoms. The van der Waals surface area contributed by atoms with Crippen LogP contribution in [0.5, 0.6) is 11.5 Å². The zero-order chi connectivity index (χ0) is 21.3. The first-order valence-corrected chi connectivity index (χ1v) is 10.4. The van der Waals surface area contributed by atoms with Gasteiger partial charge in [-0.05, 0) is 80.1 Å². The average molecular weight is 434 g/mol. The predicted molar refractivity (Wildman–Crippen MR) is 112 cm³/mol. The van der Waals surface area contributed by atoms with Crippen LogP contribution in [0.25, 0.3) is 0 Å². The Labute approximate surface area is 180 Å². The minimum Gasteiger partial charge on any atom is -0.486 e. The van der Waals surface area contributed by atoms with E-state index in [9.17, 15) is 14.0 Å². The molecule has 0 aliphatic heterocycles. The summed E-state index contributed by atoms with van der Waals surface area (Å²) in [4.78, 5) is 24.3. The van der Waals surface area contributed by atoms with Gasteiger partial charge in [-0.15, -0.1) is 0 Å². The first kappa shape index (κ1) is 22.1. The van der Waals surface area contributed by atoms with Crippen molar-refractivity contribution in [1.82, 2.24) is 5.32 Å². The van der Waals surface area contributed by atoms with Crippen molar-refractivity contribution >= 4 is 23.3 Å². The van der Waals surface area contributed by atoms with Crippen molar-refractivity contribution in [3.8, 4) is 11.5 Å². The van der Waals surface area contributed by atoms with Gasteiger partial charge in [-0.2, -0.15) is 0 Å². The number of ether oxygens (including phenoxy) is 2. The highest BCUT2D eigenvalue weighted by atomic mass is 35.5. The van der Waals surface area contributed by atoms with Crippen LogP contribution >= 0.6 is 11.6 Å². The number of hydrogen-bond donors (Lipinski definition) is 1. The van der Waals surface area contributed by atoms with E-state index in [1.54, 1.807) is 24.3 Å². The number of Topliss-reactive ketones (excluding diaryl/α,β-unsaturated/α-hetero) is 1. The topological polar surface area (TPSA) is 64.6 Å². The molecule has 0 radical (unpaired) electrons. The summed E-state index contributed by atoms with van der Waals surface area (Å²) < 4.78 is 23.8. The molecule has 1 amide bonds. The standard InChI is InChI=1S/C23H25ClFNO4/c24-17-3-9-21(10-4-17)30-15-23(28)26-19-7-1-16(2-8-19)13-20(27)14-29-22-11-5-18(25)6-12-22/h3-6,9-12,16,19H,1-2,7-8,13-15H2,(H,26,28). The normalized spacial score (nSPS) is 18.5. The largest absolute Gasteiger partial charge is 0.486 e. The number of ketones is 1. The van der Waals surface area contributed by atoms with E-state index >= 15 is 0 Å². The van der Waals surface area contributed by atoms with Gasteiger partial charge in [0.15, 0.2) is 12.4 Å². The van der Waals surface area contributed by atoms with Gasteiger partial charge in [-0.25, -0.2) is 4.39 Å². The lowest BCUT2D eigenvalue weighted by Gasteiger charge is -2.28. The van der Waals surface area contributed by atoms with E-state index in [4.69, 9.17) is 21.1 Å². The number of halogens is 2. The Balaban J connectivity index is 1.31. The summed E-state index contributed by atoms with van der Waals surface area (Å²) in [5, 5.41) is 3.61. The molecule has 7 heteroatoms. The third-order valence-corrected chi connectivity index (χ3v) is 5.38. The minimum atomic E-state index is -0.339. The van der Waals surface area contributed by atoms with E-state index in [-0.39, 0.29) is 36.8 Å². The Hall–Kier alpha value is -2.60. The number of benzene rings is 2. The van der Waals surface area contributed by atoms with Gasteiger partial charge in [-0.3, -0.25) is 9.59 Å². The van der Waals surface area contributed by atoms with Gasteiger partial charge in [0.2, 0.25) is 0 Å². The number of nitrogens with one attached hydrogen (secondary N) is 1. The lowest BCUT2D eigenvalue weighted by Crippen LogP contribution is -2.40. The number of rotatable bonds is 9. The van der Waals surface area contributed by atoms with E-state index in [1.807, 2.05) is 0 Å². The zero-order valence-corrected chi connectivity index (χ0v) is 17.4. The quantitative estimate of drug-likeness (QED) is 0.629. The molecule has 1 aliphatic carbocycles. The molecule has 2 aromatic carbocycles. The van der Waals surface area contributed by atoms with Gasteiger partial charge in [0.1, 0.15) is 23.9 Å². The SMILES string of the molecule is O=C(COc1ccc(F)cc1)CC1CCC(NC(=O)COc2ccc(Cl)cc2)CC1. The summed E-state index contributed by atoms with van der Waals surface area (Å²) in [6.07, 6.45) is 3.89. The Bertz CT molecular complexity index is 762. The Morgan fingerprint density at radius 1 is 0.900 bits per heavy atom. The molecule has 0 spiro atoms. The molecule has 0 saturated heterocycles.